The molecule has 1 N–H and O–H groups in total. The summed E-state index contributed by atoms with van der Waals surface area (Å²) in [6.45, 7) is 17.4. The van der Waals surface area contributed by atoms with Crippen molar-refractivity contribution in [2.24, 2.45) is 10.9 Å². The first kappa shape index (κ1) is 24.2. The molecule has 6 nitrogen and oxygen atoms in total. The molecule has 1 aromatic rings. The van der Waals surface area contributed by atoms with Crippen LogP contribution in [-0.2, 0) is 6.54 Å². The third-order valence-corrected chi connectivity index (χ3v) is 5.32. The number of hydrogen-bond acceptors (Lipinski definition) is 3. The van der Waals surface area contributed by atoms with E-state index < -0.39 is 0 Å². The average Bonchev–Trinajstić information content (AvgIpc) is 3.27. The van der Waals surface area contributed by atoms with Gasteiger partial charge in [-0.2, -0.15) is 0 Å². The molecule has 0 spiro atoms. The van der Waals surface area contributed by atoms with E-state index in [1.807, 2.05) is 6.20 Å². The zero-order valence-electron chi connectivity index (χ0n) is 17.7. The lowest BCUT2D eigenvalue weighted by molar-refractivity contribution is 0.255. The third-order valence-electron chi connectivity index (χ3n) is 5.32. The second-order valence-corrected chi connectivity index (χ2v) is 7.20. The van der Waals surface area contributed by atoms with E-state index in [0.29, 0.717) is 0 Å². The summed E-state index contributed by atoms with van der Waals surface area (Å²) in [7, 11) is 0. The summed E-state index contributed by atoms with van der Waals surface area (Å²) in [6, 6.07) is 0. The fourth-order valence-electron chi connectivity index (χ4n) is 3.67. The molecule has 0 bridgehead atoms. The summed E-state index contributed by atoms with van der Waals surface area (Å²) in [5.41, 5.74) is 0. The van der Waals surface area contributed by atoms with Crippen molar-refractivity contribution in [2.45, 2.75) is 53.5 Å². The summed E-state index contributed by atoms with van der Waals surface area (Å²) < 4.78 is 2.22. The monoisotopic (exact) mass is 490 g/mol. The van der Waals surface area contributed by atoms with Gasteiger partial charge in [0.2, 0.25) is 0 Å². The van der Waals surface area contributed by atoms with Crippen molar-refractivity contribution in [2.75, 3.05) is 45.8 Å². The van der Waals surface area contributed by atoms with E-state index >= 15 is 0 Å². The van der Waals surface area contributed by atoms with Crippen molar-refractivity contribution in [1.82, 2.24) is 24.7 Å². The van der Waals surface area contributed by atoms with Crippen molar-refractivity contribution in [3.05, 3.63) is 18.2 Å². The van der Waals surface area contributed by atoms with E-state index in [9.17, 15) is 0 Å². The quantitative estimate of drug-likeness (QED) is 0.237. The highest BCUT2D eigenvalue weighted by molar-refractivity contribution is 14.0. The molecule has 1 saturated heterocycles. The van der Waals surface area contributed by atoms with Gasteiger partial charge in [-0.3, -0.25) is 4.99 Å². The summed E-state index contributed by atoms with van der Waals surface area (Å²) in [5.74, 6) is 2.97. The van der Waals surface area contributed by atoms with E-state index in [1.54, 1.807) is 0 Å². The standard InChI is InChI=1S/C20H38N6.HI/c1-5-21-20(23-11-8-9-13-25-15-12-22-18(25)4)26-14-10-19(17-26)16-24(6-2)7-3;/h12,15,19H,5-11,13-14,16-17H2,1-4H3,(H,21,23);1H. The number of rotatable bonds is 10. The molecule has 1 unspecified atom stereocenters. The molecule has 0 amide bonds. The maximum Gasteiger partial charge on any atom is 0.193 e. The molecule has 1 atom stereocenters. The zero-order valence-corrected chi connectivity index (χ0v) is 20.0. The Morgan fingerprint density at radius 3 is 2.70 bits per heavy atom. The summed E-state index contributed by atoms with van der Waals surface area (Å²) in [5, 5.41) is 3.49. The van der Waals surface area contributed by atoms with Crippen molar-refractivity contribution < 1.29 is 0 Å². The Hall–Kier alpha value is -0.830. The van der Waals surface area contributed by atoms with Crippen molar-refractivity contribution in [1.29, 1.82) is 0 Å². The maximum absolute atomic E-state index is 4.88. The Bertz CT molecular complexity index is 540. The smallest absolute Gasteiger partial charge is 0.193 e. The van der Waals surface area contributed by atoms with E-state index in [-0.39, 0.29) is 24.0 Å². The molecule has 0 aliphatic carbocycles. The van der Waals surface area contributed by atoms with Gasteiger partial charge in [0.05, 0.1) is 0 Å². The molecule has 0 aromatic carbocycles. The highest BCUT2D eigenvalue weighted by Gasteiger charge is 2.25. The van der Waals surface area contributed by atoms with E-state index in [2.05, 4.69) is 58.6 Å². The largest absolute Gasteiger partial charge is 0.357 e. The minimum atomic E-state index is 0. The van der Waals surface area contributed by atoms with Crippen LogP contribution in [0.2, 0.25) is 0 Å². The van der Waals surface area contributed by atoms with Crippen LogP contribution in [0, 0.1) is 12.8 Å². The Labute approximate surface area is 182 Å². The number of imidazole rings is 1. The Balaban J connectivity index is 0.00000364. The molecule has 27 heavy (non-hydrogen) atoms. The van der Waals surface area contributed by atoms with E-state index in [4.69, 9.17) is 4.99 Å². The fraction of sp³-hybridized carbons (Fsp3) is 0.800. The topological polar surface area (TPSA) is 48.7 Å². The van der Waals surface area contributed by atoms with Gasteiger partial charge in [0, 0.05) is 51.7 Å². The van der Waals surface area contributed by atoms with Gasteiger partial charge in [-0.25, -0.2) is 4.98 Å². The molecule has 1 aliphatic rings. The van der Waals surface area contributed by atoms with E-state index in [0.717, 1.165) is 76.4 Å². The Morgan fingerprint density at radius 2 is 2.07 bits per heavy atom. The SMILES string of the molecule is CCNC(=NCCCCn1ccnc1C)N1CCC(CN(CC)CC)C1.I. The van der Waals surface area contributed by atoms with Crippen LogP contribution < -0.4 is 5.32 Å². The van der Waals surface area contributed by atoms with Crippen LogP contribution in [0.4, 0.5) is 0 Å². The molecule has 156 valence electrons. The molecule has 7 heteroatoms. The van der Waals surface area contributed by atoms with Crippen LogP contribution >= 0.6 is 24.0 Å². The maximum atomic E-state index is 4.88. The number of aryl methyl sites for hydroxylation is 2. The normalized spacial score (nSPS) is 17.4. The van der Waals surface area contributed by atoms with Gasteiger partial charge < -0.3 is 19.7 Å². The van der Waals surface area contributed by atoms with Crippen LogP contribution in [0.15, 0.2) is 17.4 Å². The lowest BCUT2D eigenvalue weighted by Gasteiger charge is -2.24. The van der Waals surface area contributed by atoms with Crippen molar-refractivity contribution >= 4 is 29.9 Å². The van der Waals surface area contributed by atoms with Gasteiger partial charge in [-0.05, 0) is 52.1 Å². The summed E-state index contributed by atoms with van der Waals surface area (Å²) >= 11 is 0. The molecule has 1 aromatic heterocycles. The zero-order chi connectivity index (χ0) is 18.8. The van der Waals surface area contributed by atoms with Crippen LogP contribution in [0.25, 0.3) is 0 Å². The predicted molar refractivity (Wildman–Crippen MR) is 125 cm³/mol. The number of nitrogens with one attached hydrogen (secondary N) is 1. The van der Waals surface area contributed by atoms with Crippen LogP contribution in [-0.4, -0.2) is 71.1 Å². The fourth-order valence-corrected chi connectivity index (χ4v) is 3.67. The number of hydrogen-bond donors (Lipinski definition) is 1. The number of unbranched alkanes of at least 4 members (excludes halogenated alkanes) is 1. The van der Waals surface area contributed by atoms with Crippen LogP contribution in [0.1, 0.15) is 45.9 Å². The lowest BCUT2D eigenvalue weighted by Crippen LogP contribution is -2.41. The minimum Gasteiger partial charge on any atom is -0.357 e. The Morgan fingerprint density at radius 1 is 1.30 bits per heavy atom. The first-order valence-corrected chi connectivity index (χ1v) is 10.4. The number of halogens is 1. The first-order valence-electron chi connectivity index (χ1n) is 10.4. The lowest BCUT2D eigenvalue weighted by atomic mass is 10.1. The molecule has 2 heterocycles. The highest BCUT2D eigenvalue weighted by Crippen LogP contribution is 2.17. The molecule has 0 radical (unpaired) electrons. The second kappa shape index (κ2) is 13.4. The van der Waals surface area contributed by atoms with E-state index in [1.165, 1.54) is 13.0 Å². The van der Waals surface area contributed by atoms with Crippen LogP contribution in [0.3, 0.4) is 0 Å². The number of nitrogens with zero attached hydrogens (tertiary/aromatic N) is 5. The average molecular weight is 490 g/mol. The van der Waals surface area contributed by atoms with Gasteiger partial charge in [-0.15, -0.1) is 24.0 Å². The van der Waals surface area contributed by atoms with Gasteiger partial charge in [0.25, 0.3) is 0 Å². The summed E-state index contributed by atoms with van der Waals surface area (Å²) in [6.07, 6.45) is 7.47. The van der Waals surface area contributed by atoms with Crippen molar-refractivity contribution in [3.63, 3.8) is 0 Å². The molecule has 2 rings (SSSR count). The number of guanidine groups is 1. The second-order valence-electron chi connectivity index (χ2n) is 7.20. The molecular formula is C20H39IN6. The summed E-state index contributed by atoms with van der Waals surface area (Å²) in [4.78, 5) is 14.2. The molecule has 1 fully saturated rings. The minimum absolute atomic E-state index is 0. The number of aliphatic imine (C=N–C) groups is 1. The van der Waals surface area contributed by atoms with Crippen LogP contribution in [0.5, 0.6) is 0 Å². The molecule has 0 saturated carbocycles. The predicted octanol–water partition coefficient (Wildman–Crippen LogP) is 3.22. The van der Waals surface area contributed by atoms with Gasteiger partial charge >= 0.3 is 0 Å². The molecule has 1 aliphatic heterocycles. The number of aromatic nitrogens is 2. The Kier molecular flexibility index (Phi) is 12.0. The van der Waals surface area contributed by atoms with Crippen molar-refractivity contribution in [3.8, 4) is 0 Å². The van der Waals surface area contributed by atoms with Gasteiger partial charge in [0.1, 0.15) is 5.82 Å². The first-order chi connectivity index (χ1) is 12.7. The molecular weight excluding hydrogens is 451 g/mol. The highest BCUT2D eigenvalue weighted by atomic mass is 127. The third kappa shape index (κ3) is 7.97. The van der Waals surface area contributed by atoms with Gasteiger partial charge in [-0.1, -0.05) is 13.8 Å². The number of likely N-dealkylation sites (tertiary alicyclic amines) is 1. The van der Waals surface area contributed by atoms with Gasteiger partial charge in [0.15, 0.2) is 5.96 Å².